The molecule has 0 aromatic heterocycles. The van der Waals surface area contributed by atoms with Crippen molar-refractivity contribution in [3.8, 4) is 0 Å². The topological polar surface area (TPSA) is 15.3 Å². The first-order chi connectivity index (χ1) is 9.76. The van der Waals surface area contributed by atoms with Gasteiger partial charge in [0, 0.05) is 18.1 Å². The monoisotopic (exact) mass is 276 g/mol. The van der Waals surface area contributed by atoms with Crippen molar-refractivity contribution >= 4 is 0 Å². The first-order valence-electron chi connectivity index (χ1n) is 9.25. The summed E-state index contributed by atoms with van der Waals surface area (Å²) in [7, 11) is 0. The average molecular weight is 276 g/mol. The van der Waals surface area contributed by atoms with E-state index in [9.17, 15) is 0 Å². The SMILES string of the molecule is CC(C1CC2CCC1C2)N1CCCNC2(CCCC2)C1. The van der Waals surface area contributed by atoms with Crippen LogP contribution in [0.3, 0.4) is 0 Å². The molecular weight excluding hydrogens is 244 g/mol. The number of hydrogen-bond donors (Lipinski definition) is 1. The standard InChI is InChI=1S/C18H32N2/c1-14(17-12-15-5-6-16(17)11-15)20-10-4-9-19-18(13-20)7-2-3-8-18/h14-17,19H,2-13H2,1H3. The molecule has 1 heterocycles. The summed E-state index contributed by atoms with van der Waals surface area (Å²) in [6, 6.07) is 0.836. The summed E-state index contributed by atoms with van der Waals surface area (Å²) in [6.07, 6.45) is 13.3. The molecule has 0 aromatic rings. The average Bonchev–Trinajstić information content (AvgIpc) is 3.14. The number of fused-ring (bicyclic) bond motifs is 2. The fraction of sp³-hybridized carbons (Fsp3) is 1.00. The molecule has 0 aromatic carbocycles. The van der Waals surface area contributed by atoms with Gasteiger partial charge in [-0.1, -0.05) is 19.3 Å². The van der Waals surface area contributed by atoms with Gasteiger partial charge in [0.15, 0.2) is 0 Å². The van der Waals surface area contributed by atoms with Crippen LogP contribution in [0.1, 0.15) is 64.7 Å². The van der Waals surface area contributed by atoms with Crippen molar-refractivity contribution in [2.24, 2.45) is 17.8 Å². The van der Waals surface area contributed by atoms with Gasteiger partial charge in [-0.2, -0.15) is 0 Å². The zero-order valence-corrected chi connectivity index (χ0v) is 13.2. The summed E-state index contributed by atoms with van der Waals surface area (Å²) in [5.74, 6) is 3.19. The van der Waals surface area contributed by atoms with E-state index in [1.54, 1.807) is 19.3 Å². The second-order valence-corrected chi connectivity index (χ2v) is 8.32. The van der Waals surface area contributed by atoms with E-state index in [1.807, 2.05) is 0 Å². The van der Waals surface area contributed by atoms with Crippen LogP contribution < -0.4 is 5.32 Å². The second kappa shape index (κ2) is 5.28. The molecule has 0 amide bonds. The van der Waals surface area contributed by atoms with E-state index >= 15 is 0 Å². The van der Waals surface area contributed by atoms with Gasteiger partial charge in [-0.25, -0.2) is 0 Å². The van der Waals surface area contributed by atoms with Gasteiger partial charge in [0.05, 0.1) is 0 Å². The summed E-state index contributed by atoms with van der Waals surface area (Å²) < 4.78 is 0. The lowest BCUT2D eigenvalue weighted by Gasteiger charge is -2.40. The predicted octanol–water partition coefficient (Wildman–Crippen LogP) is 3.42. The molecule has 4 unspecified atom stereocenters. The predicted molar refractivity (Wildman–Crippen MR) is 83.8 cm³/mol. The van der Waals surface area contributed by atoms with Crippen LogP contribution >= 0.6 is 0 Å². The molecule has 2 nitrogen and oxygen atoms in total. The van der Waals surface area contributed by atoms with E-state index in [0.29, 0.717) is 5.54 Å². The Morgan fingerprint density at radius 1 is 1.10 bits per heavy atom. The van der Waals surface area contributed by atoms with Crippen molar-refractivity contribution < 1.29 is 0 Å². The van der Waals surface area contributed by atoms with Gasteiger partial charge in [0.2, 0.25) is 0 Å². The number of nitrogens with zero attached hydrogens (tertiary/aromatic N) is 1. The molecule has 4 fully saturated rings. The zero-order chi connectivity index (χ0) is 13.6. The molecule has 1 aliphatic heterocycles. The molecule has 20 heavy (non-hydrogen) atoms. The van der Waals surface area contributed by atoms with Gasteiger partial charge in [-0.15, -0.1) is 0 Å². The molecule has 4 atom stereocenters. The van der Waals surface area contributed by atoms with Crippen LogP contribution in [-0.4, -0.2) is 36.1 Å². The van der Waals surface area contributed by atoms with Crippen LogP contribution in [0.25, 0.3) is 0 Å². The maximum absolute atomic E-state index is 3.92. The minimum atomic E-state index is 0.488. The third-order valence-corrected chi connectivity index (χ3v) is 7.18. The van der Waals surface area contributed by atoms with Gasteiger partial charge in [-0.3, -0.25) is 4.90 Å². The maximum atomic E-state index is 3.92. The van der Waals surface area contributed by atoms with Crippen LogP contribution in [0.2, 0.25) is 0 Å². The molecular formula is C18H32N2. The van der Waals surface area contributed by atoms with Crippen LogP contribution in [0.4, 0.5) is 0 Å². The third-order valence-electron chi connectivity index (χ3n) is 7.18. The van der Waals surface area contributed by atoms with Gasteiger partial charge in [-0.05, 0) is 76.3 Å². The molecule has 114 valence electrons. The summed E-state index contributed by atoms with van der Waals surface area (Å²) in [4.78, 5) is 2.89. The highest BCUT2D eigenvalue weighted by Crippen LogP contribution is 2.50. The Bertz CT molecular complexity index is 347. The molecule has 1 saturated heterocycles. The summed E-state index contributed by atoms with van der Waals surface area (Å²) in [5, 5.41) is 3.92. The first-order valence-corrected chi connectivity index (χ1v) is 9.25. The lowest BCUT2D eigenvalue weighted by Crippen LogP contribution is -2.52. The molecule has 1 N–H and O–H groups in total. The summed E-state index contributed by atoms with van der Waals surface area (Å²) in [5.41, 5.74) is 0.488. The third kappa shape index (κ3) is 2.33. The van der Waals surface area contributed by atoms with Gasteiger partial charge in [0.1, 0.15) is 0 Å². The van der Waals surface area contributed by atoms with E-state index in [1.165, 1.54) is 58.2 Å². The second-order valence-electron chi connectivity index (χ2n) is 8.32. The zero-order valence-electron chi connectivity index (χ0n) is 13.2. The Hall–Kier alpha value is -0.0800. The fourth-order valence-corrected chi connectivity index (χ4v) is 6.05. The largest absolute Gasteiger partial charge is 0.310 e. The van der Waals surface area contributed by atoms with Crippen molar-refractivity contribution in [2.75, 3.05) is 19.6 Å². The summed E-state index contributed by atoms with van der Waals surface area (Å²) in [6.45, 7) is 6.48. The van der Waals surface area contributed by atoms with Gasteiger partial charge in [0.25, 0.3) is 0 Å². The Labute approximate surface area is 124 Å². The van der Waals surface area contributed by atoms with E-state index < -0.39 is 0 Å². The quantitative estimate of drug-likeness (QED) is 0.831. The molecule has 0 radical (unpaired) electrons. The smallest absolute Gasteiger partial charge is 0.0308 e. The Balaban J connectivity index is 1.46. The lowest BCUT2D eigenvalue weighted by molar-refractivity contribution is 0.0988. The Morgan fingerprint density at radius 3 is 2.65 bits per heavy atom. The molecule has 3 aliphatic carbocycles. The van der Waals surface area contributed by atoms with Crippen LogP contribution in [-0.2, 0) is 0 Å². The molecule has 2 bridgehead atoms. The molecule has 4 aliphatic rings. The maximum Gasteiger partial charge on any atom is 0.0308 e. The van der Waals surface area contributed by atoms with Gasteiger partial charge < -0.3 is 5.32 Å². The Kier molecular flexibility index (Phi) is 3.58. The number of rotatable bonds is 2. The lowest BCUT2D eigenvalue weighted by atomic mass is 9.82. The highest BCUT2D eigenvalue weighted by atomic mass is 15.2. The highest BCUT2D eigenvalue weighted by Gasteiger charge is 2.45. The highest BCUT2D eigenvalue weighted by molar-refractivity contribution is 5.00. The van der Waals surface area contributed by atoms with Crippen LogP contribution in [0.5, 0.6) is 0 Å². The normalized spacial score (nSPS) is 42.1. The van der Waals surface area contributed by atoms with E-state index in [2.05, 4.69) is 17.1 Å². The van der Waals surface area contributed by atoms with Crippen molar-refractivity contribution in [3.05, 3.63) is 0 Å². The van der Waals surface area contributed by atoms with Crippen LogP contribution in [0, 0.1) is 17.8 Å². The van der Waals surface area contributed by atoms with Crippen molar-refractivity contribution in [3.63, 3.8) is 0 Å². The first kappa shape index (κ1) is 13.6. The minimum Gasteiger partial charge on any atom is -0.310 e. The van der Waals surface area contributed by atoms with E-state index in [0.717, 1.165) is 23.8 Å². The van der Waals surface area contributed by atoms with Crippen molar-refractivity contribution in [1.29, 1.82) is 0 Å². The number of hydrogen-bond acceptors (Lipinski definition) is 2. The van der Waals surface area contributed by atoms with E-state index in [-0.39, 0.29) is 0 Å². The van der Waals surface area contributed by atoms with E-state index in [4.69, 9.17) is 0 Å². The van der Waals surface area contributed by atoms with Gasteiger partial charge >= 0.3 is 0 Å². The molecule has 3 saturated carbocycles. The van der Waals surface area contributed by atoms with Crippen LogP contribution in [0.15, 0.2) is 0 Å². The number of nitrogens with one attached hydrogen (secondary N) is 1. The minimum absolute atomic E-state index is 0.488. The fourth-order valence-electron chi connectivity index (χ4n) is 6.05. The molecule has 2 heteroatoms. The summed E-state index contributed by atoms with van der Waals surface area (Å²) >= 11 is 0. The van der Waals surface area contributed by atoms with Crippen molar-refractivity contribution in [2.45, 2.75) is 76.3 Å². The Morgan fingerprint density at radius 2 is 1.95 bits per heavy atom. The molecule has 1 spiro atoms. The van der Waals surface area contributed by atoms with Crippen molar-refractivity contribution in [1.82, 2.24) is 10.2 Å². The molecule has 4 rings (SSSR count).